The largest absolute Gasteiger partial charge is 0.489 e. The molecule has 0 spiro atoms. The molecule has 7 heteroatoms. The van der Waals surface area contributed by atoms with Crippen molar-refractivity contribution in [2.75, 3.05) is 7.11 Å². The van der Waals surface area contributed by atoms with Gasteiger partial charge in [0.15, 0.2) is 0 Å². The molecule has 0 radical (unpaired) electrons. The van der Waals surface area contributed by atoms with Gasteiger partial charge in [0.05, 0.1) is 19.8 Å². The number of methoxy groups -OCH3 is 1. The fourth-order valence-electron chi connectivity index (χ4n) is 3.71. The highest BCUT2D eigenvalue weighted by atomic mass is 16.5. The van der Waals surface area contributed by atoms with Crippen molar-refractivity contribution in [1.82, 2.24) is 0 Å². The zero-order chi connectivity index (χ0) is 23.4. The Kier molecular flexibility index (Phi) is 6.42. The molecule has 0 bridgehead atoms. The predicted molar refractivity (Wildman–Crippen MR) is 125 cm³/mol. The van der Waals surface area contributed by atoms with E-state index in [2.05, 4.69) is 0 Å². The van der Waals surface area contributed by atoms with Gasteiger partial charge in [0, 0.05) is 28.6 Å². The van der Waals surface area contributed by atoms with Gasteiger partial charge in [-0.05, 0) is 59.2 Å². The summed E-state index contributed by atoms with van der Waals surface area (Å²) in [4.78, 5) is 23.4. The first-order chi connectivity index (χ1) is 16.0. The van der Waals surface area contributed by atoms with Gasteiger partial charge in [0.2, 0.25) is 5.91 Å². The highest BCUT2D eigenvalue weighted by Crippen LogP contribution is 2.32. The average molecular weight is 444 g/mol. The number of primary amides is 1. The Bertz CT molecular complexity index is 1330. The number of esters is 1. The topological polar surface area (TPSA) is 118 Å². The Hall–Kier alpha value is -4.10. The summed E-state index contributed by atoms with van der Waals surface area (Å²) in [5, 5.41) is 0.947. The van der Waals surface area contributed by atoms with E-state index in [4.69, 9.17) is 25.4 Å². The number of benzene rings is 3. The summed E-state index contributed by atoms with van der Waals surface area (Å²) in [6.45, 7) is 0.691. The van der Waals surface area contributed by atoms with E-state index in [1.165, 1.54) is 7.11 Å². The van der Waals surface area contributed by atoms with Crippen LogP contribution in [0.2, 0.25) is 0 Å². The number of carbonyl (C=O) groups excluding carboxylic acids is 2. The van der Waals surface area contributed by atoms with Gasteiger partial charge in [-0.1, -0.05) is 18.2 Å². The summed E-state index contributed by atoms with van der Waals surface area (Å²) in [7, 11) is 1.31. The third-order valence-electron chi connectivity index (χ3n) is 5.39. The SMILES string of the molecule is COC(=O)Cc1cc(C(N)=O)ccc1OCc1cc(-c2cccc(CN)c2)c2occc2c1. The normalized spacial score (nSPS) is 10.8. The maximum atomic E-state index is 11.8. The maximum absolute atomic E-state index is 11.8. The Morgan fingerprint density at radius 3 is 2.61 bits per heavy atom. The molecule has 0 atom stereocenters. The summed E-state index contributed by atoms with van der Waals surface area (Å²) in [5.74, 6) is -0.546. The summed E-state index contributed by atoms with van der Waals surface area (Å²) < 4.78 is 16.6. The van der Waals surface area contributed by atoms with Crippen molar-refractivity contribution in [3.63, 3.8) is 0 Å². The van der Waals surface area contributed by atoms with E-state index in [0.29, 0.717) is 23.4 Å². The fraction of sp³-hybridized carbons (Fsp3) is 0.154. The number of ether oxygens (including phenoxy) is 2. The van der Waals surface area contributed by atoms with Crippen molar-refractivity contribution in [2.24, 2.45) is 11.5 Å². The first-order valence-corrected chi connectivity index (χ1v) is 10.4. The number of fused-ring (bicyclic) bond motifs is 1. The highest BCUT2D eigenvalue weighted by molar-refractivity contribution is 5.94. The monoisotopic (exact) mass is 444 g/mol. The van der Waals surface area contributed by atoms with Crippen LogP contribution in [0.5, 0.6) is 5.75 Å². The lowest BCUT2D eigenvalue weighted by molar-refractivity contribution is -0.139. The van der Waals surface area contributed by atoms with E-state index in [1.807, 2.05) is 42.5 Å². The van der Waals surface area contributed by atoms with E-state index in [9.17, 15) is 9.59 Å². The molecule has 7 nitrogen and oxygen atoms in total. The van der Waals surface area contributed by atoms with Crippen LogP contribution < -0.4 is 16.2 Å². The second kappa shape index (κ2) is 9.58. The van der Waals surface area contributed by atoms with Gasteiger partial charge in [0.1, 0.15) is 17.9 Å². The van der Waals surface area contributed by atoms with Gasteiger partial charge >= 0.3 is 5.97 Å². The number of hydrogen-bond donors (Lipinski definition) is 2. The van der Waals surface area contributed by atoms with Gasteiger partial charge in [0.25, 0.3) is 0 Å². The number of hydrogen-bond acceptors (Lipinski definition) is 6. The Morgan fingerprint density at radius 2 is 1.85 bits per heavy atom. The first-order valence-electron chi connectivity index (χ1n) is 10.4. The van der Waals surface area contributed by atoms with Gasteiger partial charge < -0.3 is 25.4 Å². The third-order valence-corrected chi connectivity index (χ3v) is 5.39. The molecule has 33 heavy (non-hydrogen) atoms. The second-order valence-corrected chi connectivity index (χ2v) is 7.62. The minimum Gasteiger partial charge on any atom is -0.489 e. The Labute approximate surface area is 190 Å². The van der Waals surface area contributed by atoms with Crippen LogP contribution in [0, 0.1) is 0 Å². The lowest BCUT2D eigenvalue weighted by atomic mass is 9.99. The Morgan fingerprint density at radius 1 is 1.00 bits per heavy atom. The van der Waals surface area contributed by atoms with Crippen LogP contribution in [0.25, 0.3) is 22.1 Å². The van der Waals surface area contributed by atoms with Crippen LogP contribution in [-0.2, 0) is 29.1 Å². The van der Waals surface area contributed by atoms with Gasteiger partial charge in [-0.3, -0.25) is 9.59 Å². The molecule has 1 aromatic heterocycles. The number of rotatable bonds is 8. The molecule has 0 saturated heterocycles. The minimum absolute atomic E-state index is 0.0369. The molecule has 4 aromatic rings. The van der Waals surface area contributed by atoms with E-state index in [-0.39, 0.29) is 13.0 Å². The minimum atomic E-state index is -0.581. The zero-order valence-electron chi connectivity index (χ0n) is 18.2. The molecule has 0 aliphatic rings. The van der Waals surface area contributed by atoms with Crippen LogP contribution >= 0.6 is 0 Å². The van der Waals surface area contributed by atoms with Crippen molar-refractivity contribution in [2.45, 2.75) is 19.6 Å². The number of nitrogens with two attached hydrogens (primary N) is 2. The molecule has 168 valence electrons. The summed E-state index contributed by atoms with van der Waals surface area (Å²) in [5.41, 5.74) is 16.7. The van der Waals surface area contributed by atoms with Crippen LogP contribution in [0.1, 0.15) is 27.0 Å². The number of amides is 1. The fourth-order valence-corrected chi connectivity index (χ4v) is 3.71. The van der Waals surface area contributed by atoms with Gasteiger partial charge in [-0.15, -0.1) is 0 Å². The van der Waals surface area contributed by atoms with Crippen LogP contribution in [0.3, 0.4) is 0 Å². The molecule has 0 unspecified atom stereocenters. The van der Waals surface area contributed by atoms with E-state index < -0.39 is 11.9 Å². The van der Waals surface area contributed by atoms with Crippen molar-refractivity contribution >= 4 is 22.8 Å². The molecule has 3 aromatic carbocycles. The van der Waals surface area contributed by atoms with E-state index in [1.54, 1.807) is 24.5 Å². The number of carbonyl (C=O) groups is 2. The smallest absolute Gasteiger partial charge is 0.310 e. The summed E-state index contributed by atoms with van der Waals surface area (Å²) >= 11 is 0. The second-order valence-electron chi connectivity index (χ2n) is 7.62. The summed E-state index contributed by atoms with van der Waals surface area (Å²) in [6, 6.07) is 18.7. The van der Waals surface area contributed by atoms with Crippen molar-refractivity contribution in [1.29, 1.82) is 0 Å². The molecule has 0 aliphatic carbocycles. The van der Waals surface area contributed by atoms with E-state index >= 15 is 0 Å². The first kappa shape index (κ1) is 22.1. The van der Waals surface area contributed by atoms with E-state index in [0.717, 1.165) is 33.2 Å². The molecule has 0 fully saturated rings. The van der Waals surface area contributed by atoms with Gasteiger partial charge in [-0.2, -0.15) is 0 Å². The summed E-state index contributed by atoms with van der Waals surface area (Å²) in [6.07, 6.45) is 1.62. The zero-order valence-corrected chi connectivity index (χ0v) is 18.2. The number of furan rings is 1. The van der Waals surface area contributed by atoms with Crippen molar-refractivity contribution in [3.05, 3.63) is 89.2 Å². The lowest BCUT2D eigenvalue weighted by Gasteiger charge is -2.13. The molecule has 1 amide bonds. The quantitative estimate of drug-likeness (QED) is 0.397. The van der Waals surface area contributed by atoms with Crippen LogP contribution in [0.4, 0.5) is 0 Å². The van der Waals surface area contributed by atoms with Crippen molar-refractivity contribution < 1.29 is 23.5 Å². The third kappa shape index (κ3) is 4.88. The maximum Gasteiger partial charge on any atom is 0.310 e. The molecule has 0 aliphatic heterocycles. The van der Waals surface area contributed by atoms with Crippen molar-refractivity contribution in [3.8, 4) is 16.9 Å². The molecule has 0 saturated carbocycles. The van der Waals surface area contributed by atoms with Gasteiger partial charge in [-0.25, -0.2) is 0 Å². The average Bonchev–Trinajstić information content (AvgIpc) is 3.31. The van der Waals surface area contributed by atoms with Crippen LogP contribution in [0.15, 0.2) is 71.3 Å². The molecule has 1 heterocycles. The molecular weight excluding hydrogens is 420 g/mol. The molecular formula is C26H24N2O5. The highest BCUT2D eigenvalue weighted by Gasteiger charge is 2.14. The van der Waals surface area contributed by atoms with Crippen LogP contribution in [-0.4, -0.2) is 19.0 Å². The molecule has 4 rings (SSSR count). The standard InChI is InChI=1S/C26H24N2O5/c1-31-24(29)13-21-12-20(26(28)30)5-6-23(21)33-15-17-10-19-7-8-32-25(19)22(11-17)18-4-2-3-16(9-18)14-27/h2-12H,13-15,27H2,1H3,(H2,28,30). The Balaban J connectivity index is 1.66. The predicted octanol–water partition coefficient (Wildman–Crippen LogP) is 3.95. The lowest BCUT2D eigenvalue weighted by Crippen LogP contribution is -2.13. The molecule has 4 N–H and O–H groups in total.